The highest BCUT2D eigenvalue weighted by Crippen LogP contribution is 2.26. The molecule has 2 aliphatic heterocycles. The Morgan fingerprint density at radius 2 is 1.96 bits per heavy atom. The van der Waals surface area contributed by atoms with Crippen molar-refractivity contribution < 1.29 is 9.59 Å². The van der Waals surface area contributed by atoms with Crippen LogP contribution < -0.4 is 5.32 Å². The first-order chi connectivity index (χ1) is 11.7. The van der Waals surface area contributed by atoms with Gasteiger partial charge in [0, 0.05) is 42.0 Å². The molecule has 6 heteroatoms. The zero-order chi connectivity index (χ0) is 16.5. The van der Waals surface area contributed by atoms with Gasteiger partial charge in [-0.15, -0.1) is 0 Å². The maximum atomic E-state index is 11.8. The van der Waals surface area contributed by atoms with Gasteiger partial charge in [-0.2, -0.15) is 0 Å². The van der Waals surface area contributed by atoms with Crippen molar-refractivity contribution in [3.05, 3.63) is 41.7 Å². The van der Waals surface area contributed by atoms with Crippen LogP contribution >= 0.6 is 11.8 Å². The second-order valence-corrected chi connectivity index (χ2v) is 7.14. The van der Waals surface area contributed by atoms with Gasteiger partial charge in [-0.1, -0.05) is 12.1 Å². The third-order valence-corrected chi connectivity index (χ3v) is 5.34. The summed E-state index contributed by atoms with van der Waals surface area (Å²) < 4.78 is 2.26. The molecular formula is C18H19N3O2S. The third-order valence-electron chi connectivity index (χ3n) is 4.65. The molecule has 0 atom stereocenters. The molecule has 0 saturated carbocycles. The molecule has 124 valence electrons. The molecule has 0 bridgehead atoms. The SMILES string of the molecule is O=C1NC(=Cc2cccc3c2ccn3CCN2CCCC2)C(=O)S1. The summed E-state index contributed by atoms with van der Waals surface area (Å²) in [6, 6.07) is 8.16. The Kier molecular flexibility index (Phi) is 4.16. The normalized spacial score (nSPS) is 20.4. The van der Waals surface area contributed by atoms with E-state index in [-0.39, 0.29) is 10.4 Å². The van der Waals surface area contributed by atoms with Crippen LogP contribution in [-0.2, 0) is 11.3 Å². The number of benzene rings is 1. The number of likely N-dealkylation sites (tertiary alicyclic amines) is 1. The molecule has 2 aromatic rings. The molecule has 1 N–H and O–H groups in total. The van der Waals surface area contributed by atoms with E-state index in [4.69, 9.17) is 0 Å². The van der Waals surface area contributed by atoms with Gasteiger partial charge in [0.1, 0.15) is 0 Å². The van der Waals surface area contributed by atoms with Gasteiger partial charge in [-0.25, -0.2) is 0 Å². The fraction of sp³-hybridized carbons (Fsp3) is 0.333. The number of nitrogens with one attached hydrogen (secondary N) is 1. The summed E-state index contributed by atoms with van der Waals surface area (Å²) in [6.45, 7) is 4.45. The summed E-state index contributed by atoms with van der Waals surface area (Å²) in [4.78, 5) is 25.6. The van der Waals surface area contributed by atoms with Crippen molar-refractivity contribution >= 4 is 39.1 Å². The number of fused-ring (bicyclic) bond motifs is 1. The smallest absolute Gasteiger partial charge is 0.291 e. The lowest BCUT2D eigenvalue weighted by atomic mass is 10.1. The molecule has 1 amide bonds. The second kappa shape index (κ2) is 6.45. The zero-order valence-corrected chi connectivity index (χ0v) is 14.1. The summed E-state index contributed by atoms with van der Waals surface area (Å²) in [7, 11) is 0. The van der Waals surface area contributed by atoms with Crippen LogP contribution in [0.5, 0.6) is 0 Å². The molecule has 4 rings (SSSR count). The molecule has 0 unspecified atom stereocenters. The second-order valence-electron chi connectivity index (χ2n) is 6.20. The number of hydrogen-bond acceptors (Lipinski definition) is 4. The molecule has 0 radical (unpaired) electrons. The molecule has 0 aliphatic carbocycles. The fourth-order valence-electron chi connectivity index (χ4n) is 3.40. The van der Waals surface area contributed by atoms with Crippen LogP contribution in [0.4, 0.5) is 4.79 Å². The minimum atomic E-state index is -0.304. The van der Waals surface area contributed by atoms with Gasteiger partial charge in [0.05, 0.1) is 5.70 Å². The highest BCUT2D eigenvalue weighted by atomic mass is 32.2. The van der Waals surface area contributed by atoms with Crippen LogP contribution in [0.2, 0.25) is 0 Å². The summed E-state index contributed by atoms with van der Waals surface area (Å²) in [5.74, 6) is 0. The fourth-order valence-corrected chi connectivity index (χ4v) is 3.95. The van der Waals surface area contributed by atoms with Gasteiger partial charge in [-0.3, -0.25) is 9.59 Å². The maximum absolute atomic E-state index is 11.8. The quantitative estimate of drug-likeness (QED) is 0.869. The summed E-state index contributed by atoms with van der Waals surface area (Å²) >= 11 is 0.713. The van der Waals surface area contributed by atoms with Gasteiger partial charge in [0.15, 0.2) is 0 Å². The topological polar surface area (TPSA) is 54.3 Å². The lowest BCUT2D eigenvalue weighted by Gasteiger charge is -2.15. The molecule has 24 heavy (non-hydrogen) atoms. The molecular weight excluding hydrogens is 322 g/mol. The Hall–Kier alpha value is -2.05. The largest absolute Gasteiger partial charge is 0.346 e. The standard InChI is InChI=1S/C18H19N3O2S/c22-17-15(19-18(23)24-17)12-13-4-3-5-16-14(13)6-9-21(16)11-10-20-7-1-2-8-20/h3-6,9,12H,1-2,7-8,10-11H2,(H,19,23). The Balaban J connectivity index is 1.60. The molecule has 5 nitrogen and oxygen atoms in total. The van der Waals surface area contributed by atoms with Crippen LogP contribution in [0.3, 0.4) is 0 Å². The number of carbonyl (C=O) groups excluding carboxylic acids is 2. The van der Waals surface area contributed by atoms with E-state index < -0.39 is 0 Å². The van der Waals surface area contributed by atoms with E-state index >= 15 is 0 Å². The molecule has 3 heterocycles. The number of aromatic nitrogens is 1. The molecule has 1 aromatic heterocycles. The third kappa shape index (κ3) is 2.99. The lowest BCUT2D eigenvalue weighted by Crippen LogP contribution is -2.23. The first-order valence-electron chi connectivity index (χ1n) is 8.26. The molecule has 1 aromatic carbocycles. The predicted molar refractivity (Wildman–Crippen MR) is 96.7 cm³/mol. The van der Waals surface area contributed by atoms with Gasteiger partial charge in [0.2, 0.25) is 5.12 Å². The highest BCUT2D eigenvalue weighted by Gasteiger charge is 2.25. The molecule has 2 saturated heterocycles. The van der Waals surface area contributed by atoms with Crippen molar-refractivity contribution in [2.45, 2.75) is 19.4 Å². The van der Waals surface area contributed by atoms with Crippen LogP contribution in [-0.4, -0.2) is 39.5 Å². The van der Waals surface area contributed by atoms with E-state index in [0.29, 0.717) is 17.5 Å². The molecule has 2 fully saturated rings. The minimum absolute atomic E-state index is 0.217. The van der Waals surface area contributed by atoms with Crippen molar-refractivity contribution in [1.82, 2.24) is 14.8 Å². The Labute approximate surface area is 144 Å². The zero-order valence-electron chi connectivity index (χ0n) is 13.3. The average Bonchev–Trinajstić information content (AvgIpc) is 3.27. The first-order valence-corrected chi connectivity index (χ1v) is 9.07. The van der Waals surface area contributed by atoms with Crippen LogP contribution in [0, 0.1) is 0 Å². The Morgan fingerprint density at radius 1 is 1.12 bits per heavy atom. The van der Waals surface area contributed by atoms with Crippen molar-refractivity contribution in [2.75, 3.05) is 19.6 Å². The lowest BCUT2D eigenvalue weighted by molar-refractivity contribution is -0.107. The van der Waals surface area contributed by atoms with E-state index in [1.807, 2.05) is 12.1 Å². The van der Waals surface area contributed by atoms with Crippen molar-refractivity contribution in [2.24, 2.45) is 0 Å². The Bertz CT molecular complexity index is 834. The van der Waals surface area contributed by atoms with Crippen LogP contribution in [0.25, 0.3) is 17.0 Å². The van der Waals surface area contributed by atoms with Gasteiger partial charge >= 0.3 is 0 Å². The number of carbonyl (C=O) groups is 2. The van der Waals surface area contributed by atoms with E-state index in [1.165, 1.54) is 25.9 Å². The number of thioether (sulfide) groups is 1. The van der Waals surface area contributed by atoms with E-state index in [2.05, 4.69) is 33.1 Å². The Morgan fingerprint density at radius 3 is 2.71 bits per heavy atom. The monoisotopic (exact) mass is 341 g/mol. The number of rotatable bonds is 4. The summed E-state index contributed by atoms with van der Waals surface area (Å²) in [6.07, 6.45) is 6.49. The number of nitrogens with zero attached hydrogens (tertiary/aromatic N) is 2. The minimum Gasteiger partial charge on any atom is -0.346 e. The highest BCUT2D eigenvalue weighted by molar-refractivity contribution is 8.27. The van der Waals surface area contributed by atoms with Gasteiger partial charge < -0.3 is 14.8 Å². The summed E-state index contributed by atoms with van der Waals surface area (Å²) in [5.41, 5.74) is 2.48. The molecule has 2 aliphatic rings. The van der Waals surface area contributed by atoms with Crippen LogP contribution in [0.1, 0.15) is 18.4 Å². The average molecular weight is 341 g/mol. The van der Waals surface area contributed by atoms with Gasteiger partial charge in [0.25, 0.3) is 5.24 Å². The predicted octanol–water partition coefficient (Wildman–Crippen LogP) is 3.06. The number of amides is 1. The van der Waals surface area contributed by atoms with Crippen molar-refractivity contribution in [3.8, 4) is 0 Å². The van der Waals surface area contributed by atoms with E-state index in [1.54, 1.807) is 6.08 Å². The van der Waals surface area contributed by atoms with Crippen LogP contribution in [0.15, 0.2) is 36.2 Å². The van der Waals surface area contributed by atoms with Gasteiger partial charge in [-0.05, 0) is 49.7 Å². The summed E-state index contributed by atoms with van der Waals surface area (Å²) in [5, 5.41) is 3.19. The van der Waals surface area contributed by atoms with Crippen molar-refractivity contribution in [3.63, 3.8) is 0 Å². The van der Waals surface area contributed by atoms with E-state index in [9.17, 15) is 9.59 Å². The van der Waals surface area contributed by atoms with Crippen molar-refractivity contribution in [1.29, 1.82) is 0 Å². The van der Waals surface area contributed by atoms with E-state index in [0.717, 1.165) is 29.6 Å². The molecule has 0 spiro atoms. The first kappa shape index (κ1) is 15.5. The maximum Gasteiger partial charge on any atom is 0.291 e. The number of hydrogen-bond donors (Lipinski definition) is 1.